The molecule has 10 amide bonds. The molecule has 0 radical (unpaired) electrons. The van der Waals surface area contributed by atoms with Gasteiger partial charge in [-0.15, -0.1) is 0 Å². The van der Waals surface area contributed by atoms with Gasteiger partial charge in [-0.3, -0.25) is 57.5 Å². The van der Waals surface area contributed by atoms with Gasteiger partial charge in [0.05, 0.1) is 51.3 Å². The Bertz CT molecular complexity index is 4230. The zero-order valence-corrected chi connectivity index (χ0v) is 61.7. The number of methoxy groups -OCH3 is 1. The topological polar surface area (TPSA) is 519 Å². The van der Waals surface area contributed by atoms with Gasteiger partial charge in [-0.2, -0.15) is 0 Å². The predicted octanol–water partition coefficient (Wildman–Crippen LogP) is -0.385. The van der Waals surface area contributed by atoms with Crippen LogP contribution < -0.4 is 58.3 Å². The maximum absolute atomic E-state index is 15.5. The van der Waals surface area contributed by atoms with Gasteiger partial charge in [-0.25, -0.2) is 14.2 Å². The Morgan fingerprint density at radius 2 is 1.17 bits per heavy atom. The van der Waals surface area contributed by atoms with Crippen LogP contribution in [0.15, 0.2) is 140 Å². The number of aliphatic hydroxyl groups is 3. The molecule has 0 aliphatic heterocycles. The zero-order chi connectivity index (χ0) is 81.3. The summed E-state index contributed by atoms with van der Waals surface area (Å²) < 4.78 is 21.0. The van der Waals surface area contributed by atoms with Gasteiger partial charge in [-0.1, -0.05) is 116 Å². The first-order chi connectivity index (χ1) is 52.1. The second kappa shape index (κ2) is 40.8. The Kier molecular flexibility index (Phi) is 32.2. The first-order valence-corrected chi connectivity index (χ1v) is 35.0. The van der Waals surface area contributed by atoms with Crippen LogP contribution in [-0.2, 0) is 81.6 Å². The zero-order valence-electron chi connectivity index (χ0n) is 61.7. The Morgan fingerprint density at radius 3 is 1.73 bits per heavy atom. The number of rotatable bonds is 41. The summed E-state index contributed by atoms with van der Waals surface area (Å²) in [7, 11) is 2.43. The van der Waals surface area contributed by atoms with Crippen LogP contribution in [0, 0.1) is 12.7 Å². The highest BCUT2D eigenvalue weighted by Crippen LogP contribution is 2.36. The number of carbonyl (C=O) groups is 13. The highest BCUT2D eigenvalue weighted by Gasteiger charge is 2.43. The number of H-pyrrole nitrogens is 1. The third-order valence-corrected chi connectivity index (χ3v) is 18.2. The number of aliphatic carboxylic acids is 3. The lowest BCUT2D eigenvalue weighted by atomic mass is 9.80. The largest absolute Gasteiger partial charge is 0.497 e. The summed E-state index contributed by atoms with van der Waals surface area (Å²) in [5, 5.41) is 84.9. The number of aryl methyl sites for hydroxylation is 2. The van der Waals surface area contributed by atoms with Crippen molar-refractivity contribution in [3.63, 3.8) is 0 Å². The van der Waals surface area contributed by atoms with Crippen molar-refractivity contribution in [2.45, 2.75) is 164 Å². The summed E-state index contributed by atoms with van der Waals surface area (Å²) in [6.07, 6.45) is -3.74. The number of hydrogen-bond acceptors (Lipinski definition) is 19. The molecule has 34 heteroatoms. The molecule has 110 heavy (non-hydrogen) atoms. The van der Waals surface area contributed by atoms with E-state index < -0.39 is 206 Å². The quantitative estimate of drug-likeness (QED) is 0.0232. The van der Waals surface area contributed by atoms with Crippen molar-refractivity contribution < 1.29 is 102 Å². The molecule has 6 rings (SSSR count). The van der Waals surface area contributed by atoms with Crippen LogP contribution >= 0.6 is 0 Å². The van der Waals surface area contributed by atoms with Gasteiger partial charge in [0.2, 0.25) is 59.1 Å². The van der Waals surface area contributed by atoms with Crippen LogP contribution in [0.1, 0.15) is 110 Å². The second-order valence-electron chi connectivity index (χ2n) is 26.7. The van der Waals surface area contributed by atoms with Crippen LogP contribution in [0.25, 0.3) is 0 Å². The Morgan fingerprint density at radius 1 is 0.609 bits per heavy atom. The van der Waals surface area contributed by atoms with Crippen molar-refractivity contribution in [2.24, 2.45) is 5.73 Å². The number of nitrogens with one attached hydrogen (secondary N) is 10. The van der Waals surface area contributed by atoms with Gasteiger partial charge >= 0.3 is 17.9 Å². The minimum absolute atomic E-state index is 0.00638. The van der Waals surface area contributed by atoms with Crippen molar-refractivity contribution >= 4 is 77.0 Å². The first kappa shape index (κ1) is 86.9. The van der Waals surface area contributed by atoms with Crippen LogP contribution in [0.4, 0.5) is 4.39 Å². The Hall–Kier alpha value is -12.0. The molecule has 1 heterocycles. The fourth-order valence-electron chi connectivity index (χ4n) is 12.1. The van der Waals surface area contributed by atoms with Crippen molar-refractivity contribution in [3.05, 3.63) is 190 Å². The molecule has 6 aromatic rings. The van der Waals surface area contributed by atoms with E-state index in [4.69, 9.17) is 10.5 Å². The molecule has 5 aromatic carbocycles. The van der Waals surface area contributed by atoms with Crippen LogP contribution in [0.2, 0.25) is 0 Å². The molecule has 0 spiro atoms. The number of ether oxygens (including phenoxy) is 1. The number of imidazole rings is 1. The third kappa shape index (κ3) is 24.2. The number of halogens is 1. The minimum Gasteiger partial charge on any atom is -0.497 e. The van der Waals surface area contributed by atoms with Crippen LogP contribution in [0.5, 0.6) is 5.75 Å². The van der Waals surface area contributed by atoms with E-state index in [-0.39, 0.29) is 12.0 Å². The van der Waals surface area contributed by atoms with E-state index in [1.165, 1.54) is 51.7 Å². The monoisotopic (exact) mass is 1530 g/mol. The molecule has 18 N–H and O–H groups in total. The van der Waals surface area contributed by atoms with Crippen LogP contribution in [-0.4, -0.2) is 222 Å². The second-order valence-corrected chi connectivity index (χ2v) is 26.7. The SMILES string of the molecule is CCc1cc(OC)ccc1C(c1ccccc1)[C@H](NC(=O)[C@H](CC(=O)O)NC(=O)[C@H](CO)NC(=O)[C@@H](NC(=O)[C@H](Cc1ccccc1F)N(C)C(=O)[C@@H](NC(=O)CNC(=O)[C@H](CCC(=O)O)NC(=O)C(C)(C)NC(=O)[C@@H](N)Cc1cnc[nH]1)[C@@H](C)O)[C@@H](C)O)C(=O)N[C@H](C(=O)O)C(c1ccccc1)c1ccccc1C. The molecule has 0 fully saturated rings. The molecule has 0 saturated carbocycles. The van der Waals surface area contributed by atoms with Crippen molar-refractivity contribution in [3.8, 4) is 5.75 Å². The summed E-state index contributed by atoms with van der Waals surface area (Å²) in [5.41, 5.74) is 7.70. The van der Waals surface area contributed by atoms with Crippen molar-refractivity contribution in [1.29, 1.82) is 0 Å². The Labute approximate surface area is 632 Å². The minimum atomic E-state index is -2.17. The number of carboxylic acid groups (broad SMARTS) is 3. The predicted molar refractivity (Wildman–Crippen MR) is 393 cm³/mol. The lowest BCUT2D eigenvalue weighted by molar-refractivity contribution is -0.145. The first-order valence-electron chi connectivity index (χ1n) is 35.0. The fraction of sp³-hybridized carbons (Fsp3) is 0.395. The lowest BCUT2D eigenvalue weighted by Gasteiger charge is -2.34. The summed E-state index contributed by atoms with van der Waals surface area (Å²) in [6, 6.07) is 16.8. The molecule has 33 nitrogen and oxygen atoms in total. The highest BCUT2D eigenvalue weighted by molar-refractivity contribution is 6.00. The van der Waals surface area contributed by atoms with E-state index in [0.29, 0.717) is 56.1 Å². The van der Waals surface area contributed by atoms with Crippen molar-refractivity contribution in [2.75, 3.05) is 27.3 Å². The highest BCUT2D eigenvalue weighted by atomic mass is 19.1. The van der Waals surface area contributed by atoms with Crippen molar-refractivity contribution in [1.82, 2.24) is 62.7 Å². The number of aliphatic hydroxyl groups excluding tert-OH is 3. The summed E-state index contributed by atoms with van der Waals surface area (Å²) in [6.45, 7) is 5.89. The van der Waals surface area contributed by atoms with Gasteiger partial charge in [0.1, 0.15) is 65.4 Å². The standard InChI is InChI=1S/C76H94FN13O20/c1-9-43-32-48(110-8)28-29-50(43)61(45-23-14-11-15-24-45)64(72(105)88-65(74(107)108)60(44-21-12-10-13-22-44)49-26-18-16-20-40(49)2)87-68(101)54(35-59(97)98)82-69(102)55(38-91)83-71(104)62(41(3)92)86-70(103)56(33-46-25-17-19-27-51(46)77)90(7)73(106)63(42(4)93)85-57(94)37-80-67(100)53(30-31-58(95)96)84-75(109)76(5,6)89-66(99)52(78)34-47-36-79-39-81-47/h10-29,32,36,39,41-42,52-56,60-65,91-93H,9,30-31,33-35,37-38,78H2,1-8H3,(H,79,81)(H,80,100)(H,82,102)(H,83,104)(H,84,109)(H,85,94)(H,86,103)(H,87,101)(H,88,105)(H,89,99)(H,95,96)(H,97,98)(H,107,108)/t41-,42-,52+,53+,54+,55+,56+,60?,61?,62+,63+,64+,65+/m1/s1. The molecule has 0 bridgehead atoms. The van der Waals surface area contributed by atoms with Gasteiger partial charge in [0.15, 0.2) is 0 Å². The number of amides is 10. The number of carbonyl (C=O) groups excluding carboxylic acids is 10. The van der Waals surface area contributed by atoms with Gasteiger partial charge in [0, 0.05) is 50.0 Å². The maximum atomic E-state index is 15.5. The van der Waals surface area contributed by atoms with Crippen LogP contribution in [0.3, 0.4) is 0 Å². The number of benzene rings is 5. The van der Waals surface area contributed by atoms with E-state index in [9.17, 15) is 83.4 Å². The average Bonchev–Trinajstić information content (AvgIpc) is 1.07. The number of likely N-dealkylation sites (N-methyl/N-ethyl adjacent to an activating group) is 1. The number of nitrogens with zero attached hydrogens (tertiary/aromatic N) is 2. The van der Waals surface area contributed by atoms with Gasteiger partial charge in [0.25, 0.3) is 0 Å². The number of aromatic amines is 1. The summed E-state index contributed by atoms with van der Waals surface area (Å²) in [5.74, 6) is -19.2. The van der Waals surface area contributed by atoms with E-state index in [2.05, 4.69) is 57.8 Å². The summed E-state index contributed by atoms with van der Waals surface area (Å²) >= 11 is 0. The molecular formula is C76H94FN13O20. The number of carboxylic acids is 3. The normalized spacial score (nSPS) is 14.8. The van der Waals surface area contributed by atoms with Gasteiger partial charge < -0.3 is 98.8 Å². The number of nitrogens with two attached hydrogens (primary N) is 1. The summed E-state index contributed by atoms with van der Waals surface area (Å²) in [4.78, 5) is 188. The van der Waals surface area contributed by atoms with E-state index in [1.807, 2.05) is 6.92 Å². The molecule has 590 valence electrons. The Balaban J connectivity index is 1.24. The molecule has 13 atom stereocenters. The molecular weight excluding hydrogens is 1430 g/mol. The molecule has 2 unspecified atom stereocenters. The number of aromatic nitrogens is 2. The maximum Gasteiger partial charge on any atom is 0.327 e. The molecule has 0 aliphatic rings. The van der Waals surface area contributed by atoms with Gasteiger partial charge in [-0.05, 0) is 105 Å². The third-order valence-electron chi connectivity index (χ3n) is 18.2. The van der Waals surface area contributed by atoms with E-state index in [0.717, 1.165) is 27.0 Å². The van der Waals surface area contributed by atoms with E-state index >= 15 is 14.0 Å². The average molecular weight is 1530 g/mol. The molecule has 0 saturated heterocycles. The fourth-order valence-corrected chi connectivity index (χ4v) is 12.1. The van der Waals surface area contributed by atoms with E-state index in [1.54, 1.807) is 110 Å². The molecule has 1 aromatic heterocycles. The smallest absolute Gasteiger partial charge is 0.327 e. The lowest BCUT2D eigenvalue weighted by Crippen LogP contribution is -2.63. The molecule has 0 aliphatic carbocycles. The number of hydrogen-bond donors (Lipinski definition) is 17.